The molecule has 0 nitrogen and oxygen atoms in total. The molecule has 29 heavy (non-hydrogen) atoms. The summed E-state index contributed by atoms with van der Waals surface area (Å²) in [5.41, 5.74) is 5.70. The minimum absolute atomic E-state index is 0. The molecule has 0 saturated heterocycles. The topological polar surface area (TPSA) is 0 Å². The summed E-state index contributed by atoms with van der Waals surface area (Å²) in [5, 5.41) is 0. The van der Waals surface area contributed by atoms with Crippen LogP contribution in [0.15, 0.2) is 78.9 Å². The van der Waals surface area contributed by atoms with Crippen molar-refractivity contribution in [2.75, 3.05) is 0 Å². The summed E-state index contributed by atoms with van der Waals surface area (Å²) in [6.45, 7) is 6.90. The quantitative estimate of drug-likeness (QED) is 0.271. The van der Waals surface area contributed by atoms with Crippen molar-refractivity contribution >= 4 is 0 Å². The van der Waals surface area contributed by atoms with Crippen molar-refractivity contribution in [1.29, 1.82) is 0 Å². The smallest absolute Gasteiger partial charge is 1.00 e. The number of halogens is 3. The van der Waals surface area contributed by atoms with E-state index in [1.165, 1.54) is 35.1 Å². The Bertz CT molecular complexity index is 743. The second kappa shape index (κ2) is 14.4. The van der Waals surface area contributed by atoms with Gasteiger partial charge >= 0.3 is 21.7 Å². The van der Waals surface area contributed by atoms with Crippen LogP contribution in [0.4, 0.5) is 0 Å². The van der Waals surface area contributed by atoms with E-state index in [0.29, 0.717) is 5.92 Å². The van der Waals surface area contributed by atoms with Crippen LogP contribution in [0.5, 0.6) is 0 Å². The molecule has 0 fully saturated rings. The Labute approximate surface area is 210 Å². The Morgan fingerprint density at radius 3 is 1.66 bits per heavy atom. The molecule has 4 heteroatoms. The molecule has 0 aliphatic rings. The molecular weight excluding hydrogens is 455 g/mol. The van der Waals surface area contributed by atoms with Gasteiger partial charge in [-0.1, -0.05) is 94.3 Å². The molecule has 0 bridgehead atoms. The first-order chi connectivity index (χ1) is 12.2. The number of hydrogen-bond acceptors (Lipinski definition) is 0. The van der Waals surface area contributed by atoms with Gasteiger partial charge in [0.2, 0.25) is 0 Å². The minimum atomic E-state index is -0.0678. The van der Waals surface area contributed by atoms with Crippen LogP contribution >= 0.6 is 0 Å². The fraction of sp³-hybridized carbons (Fsp3) is 0.320. The first-order valence-corrected chi connectivity index (χ1v) is 9.57. The van der Waals surface area contributed by atoms with Crippen LogP contribution in [0.1, 0.15) is 68.2 Å². The molecule has 0 amide bonds. The summed E-state index contributed by atoms with van der Waals surface area (Å²) in [7, 11) is 0. The molecule has 0 N–H and O–H groups in total. The summed E-state index contributed by atoms with van der Waals surface area (Å²) in [6, 6.07) is 29.1. The van der Waals surface area contributed by atoms with Gasteiger partial charge in [0.05, 0.1) is 0 Å². The van der Waals surface area contributed by atoms with E-state index < -0.39 is 0 Å². The fourth-order valence-corrected chi connectivity index (χ4v) is 4.11. The summed E-state index contributed by atoms with van der Waals surface area (Å²) in [5.74, 6) is 0.526. The van der Waals surface area contributed by atoms with Crippen LogP contribution in [0.25, 0.3) is 0 Å². The maximum atomic E-state index is 2.35. The zero-order valence-electron chi connectivity index (χ0n) is 17.3. The molecule has 0 unspecified atom stereocenters. The van der Waals surface area contributed by atoms with Crippen LogP contribution < -0.4 is 37.2 Å². The van der Waals surface area contributed by atoms with Gasteiger partial charge in [0.1, 0.15) is 0 Å². The van der Waals surface area contributed by atoms with Crippen molar-refractivity contribution in [3.63, 3.8) is 0 Å². The van der Waals surface area contributed by atoms with Crippen molar-refractivity contribution in [2.24, 2.45) is 0 Å². The average Bonchev–Trinajstić information content (AvgIpc) is 3.15. The van der Waals surface area contributed by atoms with E-state index in [4.69, 9.17) is 0 Å². The maximum absolute atomic E-state index is 2.35. The molecule has 0 aromatic heterocycles. The summed E-state index contributed by atoms with van der Waals surface area (Å²) < 4.78 is 0. The van der Waals surface area contributed by atoms with Crippen LogP contribution in [0, 0.1) is 0 Å². The Balaban J connectivity index is 0. The van der Waals surface area contributed by atoms with Gasteiger partial charge in [0, 0.05) is 5.41 Å². The third-order valence-electron chi connectivity index (χ3n) is 5.37. The molecular formula is C25H29Cl3Ti. The third kappa shape index (κ3) is 6.43. The van der Waals surface area contributed by atoms with Gasteiger partial charge in [0.25, 0.3) is 0 Å². The monoisotopic (exact) mass is 482 g/mol. The SMILES string of the molecule is CCCCC(c1ccccc1)(c1ccccc1)[c-]1cccc1C(C)C.[Cl-].[Cl-].[Cl-].[Ti+4]. The van der Waals surface area contributed by atoms with Gasteiger partial charge in [-0.2, -0.15) is 11.6 Å². The van der Waals surface area contributed by atoms with Crippen molar-refractivity contribution in [2.45, 2.75) is 51.4 Å². The first kappa shape index (κ1) is 30.6. The van der Waals surface area contributed by atoms with Crippen molar-refractivity contribution in [3.8, 4) is 0 Å². The first-order valence-electron chi connectivity index (χ1n) is 9.57. The van der Waals surface area contributed by atoms with Gasteiger partial charge in [-0.05, 0) is 23.5 Å². The van der Waals surface area contributed by atoms with E-state index in [9.17, 15) is 0 Å². The number of rotatable bonds is 7. The number of benzene rings is 2. The Morgan fingerprint density at radius 2 is 1.24 bits per heavy atom. The predicted molar refractivity (Wildman–Crippen MR) is 108 cm³/mol. The van der Waals surface area contributed by atoms with Crippen LogP contribution in [0.3, 0.4) is 0 Å². The zero-order chi connectivity index (χ0) is 17.7. The largest absolute Gasteiger partial charge is 4.00 e. The van der Waals surface area contributed by atoms with Gasteiger partial charge in [-0.3, -0.25) is 0 Å². The molecule has 3 aromatic rings. The van der Waals surface area contributed by atoms with Crippen LogP contribution in [-0.2, 0) is 27.1 Å². The van der Waals surface area contributed by atoms with E-state index in [-0.39, 0.29) is 64.4 Å². The molecule has 0 saturated carbocycles. The predicted octanol–water partition coefficient (Wildman–Crippen LogP) is -1.94. The van der Waals surface area contributed by atoms with Gasteiger partial charge in [0.15, 0.2) is 0 Å². The molecule has 0 heterocycles. The summed E-state index contributed by atoms with van der Waals surface area (Å²) in [6.07, 6.45) is 3.56. The van der Waals surface area contributed by atoms with E-state index in [1.807, 2.05) is 0 Å². The van der Waals surface area contributed by atoms with Crippen molar-refractivity contribution in [1.82, 2.24) is 0 Å². The Morgan fingerprint density at radius 1 is 0.759 bits per heavy atom. The molecule has 154 valence electrons. The minimum Gasteiger partial charge on any atom is -1.00 e. The Kier molecular flexibility index (Phi) is 15.2. The van der Waals surface area contributed by atoms with Crippen LogP contribution in [0.2, 0.25) is 0 Å². The second-order valence-electron chi connectivity index (χ2n) is 7.29. The standard InChI is InChI=1S/C25H29.3ClH.Ti/c1-4-5-19-25(21-13-8-6-9-14-21,22-15-10-7-11-16-22)24-18-12-17-23(24)20(2)3;;;;/h6-18,20H,4-5,19H2,1-3H3;3*1H;/q-1;;;;+4/p-3. The zero-order valence-corrected chi connectivity index (χ0v) is 21.2. The molecule has 3 rings (SSSR count). The normalized spacial score (nSPS) is 10.2. The van der Waals surface area contributed by atoms with Crippen molar-refractivity contribution in [3.05, 3.63) is 101 Å². The third-order valence-corrected chi connectivity index (χ3v) is 5.37. The molecule has 0 atom stereocenters. The van der Waals surface area contributed by atoms with E-state index in [0.717, 1.165) is 6.42 Å². The van der Waals surface area contributed by atoms with Gasteiger partial charge < -0.3 is 37.2 Å². The maximum Gasteiger partial charge on any atom is 4.00 e. The summed E-state index contributed by atoms with van der Waals surface area (Å²) >= 11 is 0. The number of unbranched alkanes of at least 4 members (excludes halogenated alkanes) is 1. The molecule has 0 aliphatic heterocycles. The van der Waals surface area contributed by atoms with Gasteiger partial charge in [-0.25, -0.2) is 12.1 Å². The second-order valence-corrected chi connectivity index (χ2v) is 7.29. The molecule has 0 radical (unpaired) electrons. The van der Waals surface area contributed by atoms with E-state index in [2.05, 4.69) is 99.6 Å². The van der Waals surface area contributed by atoms with E-state index in [1.54, 1.807) is 0 Å². The molecule has 3 aromatic carbocycles. The Hall–Kier alpha value is -0.626. The van der Waals surface area contributed by atoms with Crippen molar-refractivity contribution < 1.29 is 58.9 Å². The number of hydrogen-bond donors (Lipinski definition) is 0. The van der Waals surface area contributed by atoms with E-state index >= 15 is 0 Å². The summed E-state index contributed by atoms with van der Waals surface area (Å²) in [4.78, 5) is 0. The average molecular weight is 484 g/mol. The van der Waals surface area contributed by atoms with Crippen LogP contribution in [-0.4, -0.2) is 0 Å². The molecule has 0 aliphatic carbocycles. The molecule has 0 spiro atoms. The van der Waals surface area contributed by atoms with Gasteiger partial charge in [-0.15, -0.1) is 5.56 Å². The fourth-order valence-electron chi connectivity index (χ4n) is 4.11.